The van der Waals surface area contributed by atoms with Crippen molar-refractivity contribution in [3.05, 3.63) is 95.7 Å². The molecule has 1 aromatic heterocycles. The summed E-state index contributed by atoms with van der Waals surface area (Å²) in [6.45, 7) is 0.669. The van der Waals surface area contributed by atoms with Crippen LogP contribution in [0.5, 0.6) is 0 Å². The van der Waals surface area contributed by atoms with E-state index in [4.69, 9.17) is 4.99 Å². The molecule has 3 N–H and O–H groups in total. The smallest absolute Gasteiger partial charge is 0.326 e. The van der Waals surface area contributed by atoms with Crippen molar-refractivity contribution in [3.63, 3.8) is 0 Å². The van der Waals surface area contributed by atoms with E-state index in [0.717, 1.165) is 16.5 Å². The lowest BCUT2D eigenvalue weighted by Gasteiger charge is -2.37. The van der Waals surface area contributed by atoms with Crippen molar-refractivity contribution in [2.45, 2.75) is 37.9 Å². The first-order chi connectivity index (χ1) is 22.8. The second kappa shape index (κ2) is 12.2. The molecule has 7 rings (SSSR count). The number of hydrogen-bond donors (Lipinski definition) is 3. The van der Waals surface area contributed by atoms with E-state index in [1.165, 1.54) is 4.90 Å². The first-order valence-electron chi connectivity index (χ1n) is 15.6. The van der Waals surface area contributed by atoms with E-state index in [-0.39, 0.29) is 37.7 Å². The van der Waals surface area contributed by atoms with Crippen LogP contribution in [0.2, 0.25) is 0 Å². The maximum atomic E-state index is 14.2. The molecule has 238 valence electrons. The molecule has 12 nitrogen and oxygen atoms in total. The third-order valence-electron chi connectivity index (χ3n) is 8.94. The largest absolute Gasteiger partial charge is 0.480 e. The van der Waals surface area contributed by atoms with Gasteiger partial charge in [-0.25, -0.2) is 9.79 Å². The van der Waals surface area contributed by atoms with Gasteiger partial charge in [-0.15, -0.1) is 0 Å². The maximum Gasteiger partial charge on any atom is 0.326 e. The topological polar surface area (TPSA) is 155 Å². The molecule has 12 heteroatoms. The number of aromatic amines is 1. The van der Waals surface area contributed by atoms with Gasteiger partial charge < -0.3 is 30.1 Å². The standard InChI is InChI=1S/C35H32N6O6/c42-28(39-17-7-14-27(39)35(46)47)15-16-29(43)40-18-19-41-31-23(11-6-13-26(31)40)30(21-8-2-1-3-9-21)37-32(34(41)45)38-33(44)25-20-22-10-4-5-12-24(22)36-25/h1-6,8-13,20,27,32,36H,7,14-19H2,(H,38,44)(H,46,47)/t27-,32?/m0/s1. The molecule has 1 unspecified atom stereocenters. The lowest BCUT2D eigenvalue weighted by atomic mass is 9.97. The molecule has 47 heavy (non-hydrogen) atoms. The van der Waals surface area contributed by atoms with E-state index in [2.05, 4.69) is 10.3 Å². The normalized spacial score (nSPS) is 18.9. The minimum Gasteiger partial charge on any atom is -0.480 e. The van der Waals surface area contributed by atoms with Gasteiger partial charge in [0.05, 0.1) is 17.1 Å². The van der Waals surface area contributed by atoms with Crippen LogP contribution in [-0.4, -0.2) is 82.1 Å². The Balaban J connectivity index is 1.19. The van der Waals surface area contributed by atoms with Gasteiger partial charge in [0.1, 0.15) is 11.7 Å². The van der Waals surface area contributed by atoms with Crippen molar-refractivity contribution >= 4 is 57.6 Å². The van der Waals surface area contributed by atoms with Gasteiger partial charge in [0, 0.05) is 54.5 Å². The van der Waals surface area contributed by atoms with E-state index in [1.54, 1.807) is 28.0 Å². The fraction of sp³-hybridized carbons (Fsp3) is 0.257. The Morgan fingerprint density at radius 2 is 1.66 bits per heavy atom. The van der Waals surface area contributed by atoms with Gasteiger partial charge in [-0.05, 0) is 31.0 Å². The van der Waals surface area contributed by atoms with Crippen LogP contribution >= 0.6 is 0 Å². The summed E-state index contributed by atoms with van der Waals surface area (Å²) in [6.07, 6.45) is -0.461. The van der Waals surface area contributed by atoms with Crippen LogP contribution in [0.25, 0.3) is 10.9 Å². The zero-order valence-electron chi connectivity index (χ0n) is 25.4. The number of amides is 4. The van der Waals surface area contributed by atoms with Gasteiger partial charge in [0.25, 0.3) is 11.8 Å². The second-order valence-corrected chi connectivity index (χ2v) is 11.8. The molecule has 0 aliphatic carbocycles. The summed E-state index contributed by atoms with van der Waals surface area (Å²) < 4.78 is 0. The van der Waals surface area contributed by atoms with Gasteiger partial charge >= 0.3 is 5.97 Å². The van der Waals surface area contributed by atoms with E-state index in [1.807, 2.05) is 60.7 Å². The lowest BCUT2D eigenvalue weighted by Crippen LogP contribution is -2.52. The minimum absolute atomic E-state index is 0.109. The molecule has 4 amide bonds. The molecule has 0 spiro atoms. The highest BCUT2D eigenvalue weighted by atomic mass is 16.4. The Bertz CT molecular complexity index is 1920. The SMILES string of the molecule is O=C(NC1N=C(c2ccccc2)c2cccc3c2N(CCN3C(=O)CCC(=O)N2CCC[C@H]2C(=O)O)C1=O)c1cc2ccccc2[nH]1. The van der Waals surface area contributed by atoms with Crippen molar-refractivity contribution in [1.82, 2.24) is 15.2 Å². The van der Waals surface area contributed by atoms with Crippen LogP contribution in [0.4, 0.5) is 11.4 Å². The molecular formula is C35H32N6O6. The molecule has 4 heterocycles. The quantitative estimate of drug-likeness (QED) is 0.284. The number of nitrogens with one attached hydrogen (secondary N) is 2. The van der Waals surface area contributed by atoms with Gasteiger partial charge in [-0.3, -0.25) is 19.2 Å². The highest BCUT2D eigenvalue weighted by Gasteiger charge is 2.40. The number of para-hydroxylation sites is 2. The number of benzene rings is 3. The van der Waals surface area contributed by atoms with E-state index >= 15 is 0 Å². The molecule has 3 aliphatic rings. The number of aromatic nitrogens is 1. The van der Waals surface area contributed by atoms with Crippen LogP contribution in [0.15, 0.2) is 83.9 Å². The number of fused-ring (bicyclic) bond motifs is 1. The summed E-state index contributed by atoms with van der Waals surface area (Å²) in [5.74, 6) is -2.64. The third-order valence-corrected chi connectivity index (χ3v) is 8.94. The van der Waals surface area contributed by atoms with Crippen LogP contribution in [0, 0.1) is 0 Å². The Labute approximate surface area is 269 Å². The number of hydrogen-bond acceptors (Lipinski definition) is 6. The Morgan fingerprint density at radius 1 is 0.894 bits per heavy atom. The predicted molar refractivity (Wildman–Crippen MR) is 174 cm³/mol. The average molecular weight is 633 g/mol. The number of rotatable bonds is 7. The molecule has 1 saturated heterocycles. The third kappa shape index (κ3) is 5.51. The number of aliphatic carboxylic acids is 1. The Hall–Kier alpha value is -5.78. The Morgan fingerprint density at radius 3 is 2.45 bits per heavy atom. The van der Waals surface area contributed by atoms with Crippen LogP contribution in [-0.2, 0) is 19.2 Å². The van der Waals surface area contributed by atoms with Crippen LogP contribution < -0.4 is 15.1 Å². The molecule has 3 aromatic carbocycles. The van der Waals surface area contributed by atoms with Crippen molar-refractivity contribution in [3.8, 4) is 0 Å². The zero-order chi connectivity index (χ0) is 32.7. The molecule has 0 bridgehead atoms. The molecule has 0 saturated carbocycles. The first-order valence-corrected chi connectivity index (χ1v) is 15.6. The monoisotopic (exact) mass is 632 g/mol. The van der Waals surface area contributed by atoms with Gasteiger partial charge in [0.2, 0.25) is 18.0 Å². The molecule has 2 atom stereocenters. The van der Waals surface area contributed by atoms with E-state index in [0.29, 0.717) is 47.7 Å². The number of H-pyrrole nitrogens is 1. The predicted octanol–water partition coefficient (Wildman–Crippen LogP) is 3.31. The van der Waals surface area contributed by atoms with Crippen molar-refractivity contribution < 1.29 is 29.1 Å². The number of carboxylic acids is 1. The molecule has 0 radical (unpaired) electrons. The molecule has 4 aromatic rings. The number of nitrogens with zero attached hydrogens (tertiary/aromatic N) is 4. The summed E-state index contributed by atoms with van der Waals surface area (Å²) in [7, 11) is 0. The minimum atomic E-state index is -1.24. The fourth-order valence-electron chi connectivity index (χ4n) is 6.67. The van der Waals surface area contributed by atoms with Gasteiger partial charge in [-0.1, -0.05) is 60.7 Å². The summed E-state index contributed by atoms with van der Waals surface area (Å²) in [5, 5.41) is 13.2. The van der Waals surface area contributed by atoms with Crippen LogP contribution in [0.3, 0.4) is 0 Å². The highest BCUT2D eigenvalue weighted by Crippen LogP contribution is 2.40. The average Bonchev–Trinajstić information content (AvgIpc) is 3.74. The van der Waals surface area contributed by atoms with Gasteiger partial charge in [-0.2, -0.15) is 0 Å². The summed E-state index contributed by atoms with van der Waals surface area (Å²) in [4.78, 5) is 78.1. The first kappa shape index (κ1) is 29.9. The number of likely N-dealkylation sites (tertiary alicyclic amines) is 1. The van der Waals surface area contributed by atoms with Crippen LogP contribution in [0.1, 0.15) is 47.3 Å². The number of carboxylic acid groups (broad SMARTS) is 1. The number of anilines is 2. The molecule has 1 fully saturated rings. The van der Waals surface area contributed by atoms with Crippen molar-refractivity contribution in [1.29, 1.82) is 0 Å². The number of carbonyl (C=O) groups is 5. The lowest BCUT2D eigenvalue weighted by molar-refractivity contribution is -0.148. The van der Waals surface area contributed by atoms with E-state index in [9.17, 15) is 29.1 Å². The van der Waals surface area contributed by atoms with Crippen molar-refractivity contribution in [2.75, 3.05) is 29.4 Å². The summed E-state index contributed by atoms with van der Waals surface area (Å²) >= 11 is 0. The number of aliphatic imine (C=N–C) groups is 1. The molecule has 3 aliphatic heterocycles. The number of carbonyl (C=O) groups excluding carboxylic acids is 4. The van der Waals surface area contributed by atoms with Gasteiger partial charge in [0.15, 0.2) is 0 Å². The summed E-state index contributed by atoms with van der Waals surface area (Å²) in [5.41, 5.74) is 3.92. The second-order valence-electron chi connectivity index (χ2n) is 11.8. The van der Waals surface area contributed by atoms with Crippen molar-refractivity contribution in [2.24, 2.45) is 4.99 Å². The maximum absolute atomic E-state index is 14.2. The Kier molecular flexibility index (Phi) is 7.76. The molecular weight excluding hydrogens is 600 g/mol. The zero-order valence-corrected chi connectivity index (χ0v) is 25.4. The fourth-order valence-corrected chi connectivity index (χ4v) is 6.67. The van der Waals surface area contributed by atoms with E-state index < -0.39 is 30.0 Å². The summed E-state index contributed by atoms with van der Waals surface area (Å²) in [6, 6.07) is 23.1. The highest BCUT2D eigenvalue weighted by molar-refractivity contribution is 6.23.